The molecule has 0 bridgehead atoms. The van der Waals surface area contributed by atoms with Gasteiger partial charge in [0.1, 0.15) is 11.6 Å². The van der Waals surface area contributed by atoms with Gasteiger partial charge in [-0.05, 0) is 31.0 Å². The molecule has 1 aromatic heterocycles. The largest absolute Gasteiger partial charge is 0.478 e. The average molecular weight is 319 g/mol. The molecule has 0 saturated heterocycles. The second-order valence-corrected chi connectivity index (χ2v) is 5.49. The van der Waals surface area contributed by atoms with E-state index in [9.17, 15) is 14.1 Å². The Hall–Kier alpha value is -2.57. The summed E-state index contributed by atoms with van der Waals surface area (Å²) in [7, 11) is 0. The molecule has 0 aliphatic heterocycles. The van der Waals surface area contributed by atoms with Crippen molar-refractivity contribution in [1.82, 2.24) is 4.98 Å². The number of hydrogen-bond acceptors (Lipinski definition) is 5. The molecule has 3 rings (SSSR count). The average Bonchev–Trinajstić information content (AvgIpc) is 2.55. The van der Waals surface area contributed by atoms with Gasteiger partial charge in [-0.25, -0.2) is 14.2 Å². The third kappa shape index (κ3) is 4.45. The van der Waals surface area contributed by atoms with Crippen LogP contribution in [-0.4, -0.2) is 22.1 Å². The van der Waals surface area contributed by atoms with Crippen LogP contribution < -0.4 is 5.73 Å². The topological polar surface area (TPSA) is 106 Å². The molecule has 1 aliphatic carbocycles. The molecule has 7 heteroatoms. The van der Waals surface area contributed by atoms with Gasteiger partial charge in [-0.3, -0.25) is 0 Å². The van der Waals surface area contributed by atoms with E-state index < -0.39 is 11.8 Å². The van der Waals surface area contributed by atoms with Crippen molar-refractivity contribution in [2.24, 2.45) is 5.18 Å². The summed E-state index contributed by atoms with van der Waals surface area (Å²) >= 11 is 0. The number of benzene rings is 1. The summed E-state index contributed by atoms with van der Waals surface area (Å²) in [5.41, 5.74) is 5.32. The normalized spacial score (nSPS) is 14.8. The van der Waals surface area contributed by atoms with Crippen LogP contribution in [0, 0.1) is 10.7 Å². The number of carboxylic acid groups (broad SMARTS) is 1. The highest BCUT2D eigenvalue weighted by molar-refractivity contribution is 6.04. The van der Waals surface area contributed by atoms with Gasteiger partial charge in [0, 0.05) is 17.0 Å². The predicted octanol–water partition coefficient (Wildman–Crippen LogP) is 3.74. The molecule has 6 nitrogen and oxygen atoms in total. The fraction of sp³-hybridized carbons (Fsp3) is 0.375. The monoisotopic (exact) mass is 319 g/mol. The lowest BCUT2D eigenvalue weighted by molar-refractivity contribution is 0.0698. The first-order valence-corrected chi connectivity index (χ1v) is 7.42. The number of nitrogens with zero attached hydrogens (tertiary/aromatic N) is 2. The Morgan fingerprint density at radius 3 is 2.52 bits per heavy atom. The van der Waals surface area contributed by atoms with Crippen LogP contribution in [0.2, 0.25) is 0 Å². The van der Waals surface area contributed by atoms with Crippen LogP contribution in [0.25, 0.3) is 10.8 Å². The van der Waals surface area contributed by atoms with Crippen LogP contribution in [0.1, 0.15) is 42.5 Å². The van der Waals surface area contributed by atoms with E-state index in [1.807, 2.05) is 0 Å². The molecule has 0 spiro atoms. The van der Waals surface area contributed by atoms with Gasteiger partial charge in [0.25, 0.3) is 0 Å². The molecule has 0 radical (unpaired) electrons. The first-order chi connectivity index (χ1) is 11.0. The van der Waals surface area contributed by atoms with Crippen molar-refractivity contribution in [1.29, 1.82) is 0 Å². The number of nitrogens with two attached hydrogens (primary N) is 1. The minimum atomic E-state index is -1.19. The van der Waals surface area contributed by atoms with Gasteiger partial charge in [-0.15, -0.1) is 0 Å². The maximum Gasteiger partial charge on any atom is 0.336 e. The smallest absolute Gasteiger partial charge is 0.336 e. The van der Waals surface area contributed by atoms with Gasteiger partial charge in [-0.2, -0.15) is 4.91 Å². The van der Waals surface area contributed by atoms with Crippen molar-refractivity contribution in [3.05, 3.63) is 40.7 Å². The van der Waals surface area contributed by atoms with E-state index in [4.69, 9.17) is 10.8 Å². The molecular weight excluding hydrogens is 301 g/mol. The lowest BCUT2D eigenvalue weighted by atomic mass is 9.96. The summed E-state index contributed by atoms with van der Waals surface area (Å²) in [4.78, 5) is 24.5. The summed E-state index contributed by atoms with van der Waals surface area (Å²) in [5, 5.41) is 12.7. The van der Waals surface area contributed by atoms with Crippen LogP contribution in [0.5, 0.6) is 0 Å². The highest BCUT2D eigenvalue weighted by Crippen LogP contribution is 2.21. The quantitative estimate of drug-likeness (QED) is 0.820. The summed E-state index contributed by atoms with van der Waals surface area (Å²) in [6.45, 7) is 0. The van der Waals surface area contributed by atoms with Crippen molar-refractivity contribution < 1.29 is 14.3 Å². The van der Waals surface area contributed by atoms with Gasteiger partial charge in [-0.1, -0.05) is 24.4 Å². The zero-order valence-corrected chi connectivity index (χ0v) is 12.5. The zero-order chi connectivity index (χ0) is 16.8. The molecule has 0 amide bonds. The lowest BCUT2D eigenvalue weighted by Gasteiger charge is -2.13. The number of rotatable bonds is 2. The first-order valence-electron chi connectivity index (χ1n) is 7.42. The van der Waals surface area contributed by atoms with Crippen LogP contribution >= 0.6 is 0 Å². The number of fused-ring (bicyclic) bond motifs is 1. The Labute approximate surface area is 132 Å². The van der Waals surface area contributed by atoms with Gasteiger partial charge in [0.2, 0.25) is 0 Å². The maximum absolute atomic E-state index is 13.0. The molecule has 1 fully saturated rings. The number of carboxylic acids is 1. The van der Waals surface area contributed by atoms with Crippen LogP contribution in [-0.2, 0) is 0 Å². The highest BCUT2D eigenvalue weighted by Gasteiger charge is 2.12. The summed E-state index contributed by atoms with van der Waals surface area (Å²) in [6, 6.07) is 3.75. The van der Waals surface area contributed by atoms with Gasteiger partial charge < -0.3 is 10.8 Å². The maximum atomic E-state index is 13.0. The summed E-state index contributed by atoms with van der Waals surface area (Å²) in [6.07, 6.45) is 7.12. The minimum Gasteiger partial charge on any atom is -0.478 e. The minimum absolute atomic E-state index is 0.112. The molecule has 122 valence electrons. The van der Waals surface area contributed by atoms with Crippen LogP contribution in [0.4, 0.5) is 10.2 Å². The molecule has 0 unspecified atom stereocenters. The molecule has 2 aromatic rings. The number of nitrogen functional groups attached to an aromatic ring is 1. The Kier molecular flexibility index (Phi) is 5.56. The summed E-state index contributed by atoms with van der Waals surface area (Å²) < 4.78 is 13.0. The summed E-state index contributed by atoms with van der Waals surface area (Å²) in [5.74, 6) is -1.59. The number of anilines is 1. The van der Waals surface area contributed by atoms with E-state index in [1.165, 1.54) is 37.6 Å². The Balaban J connectivity index is 0.000000203. The number of nitroso groups, excluding NO2 is 1. The molecule has 1 heterocycles. The molecule has 1 saturated carbocycles. The SMILES string of the molecule is Nc1cc2c(C(=O)O)cc(F)cc2cn1.O=NC1CCCCC1. The zero-order valence-electron chi connectivity index (χ0n) is 12.5. The van der Waals surface area contributed by atoms with Gasteiger partial charge in [0.05, 0.1) is 11.6 Å². The second kappa shape index (κ2) is 7.62. The number of pyridine rings is 1. The van der Waals surface area contributed by atoms with Crippen LogP contribution in [0.15, 0.2) is 29.6 Å². The van der Waals surface area contributed by atoms with E-state index in [0.717, 1.165) is 18.9 Å². The fourth-order valence-corrected chi connectivity index (χ4v) is 2.60. The second-order valence-electron chi connectivity index (χ2n) is 5.49. The van der Waals surface area contributed by atoms with E-state index in [0.29, 0.717) is 10.8 Å². The van der Waals surface area contributed by atoms with Gasteiger partial charge >= 0.3 is 5.97 Å². The van der Waals surface area contributed by atoms with E-state index in [-0.39, 0.29) is 17.4 Å². The van der Waals surface area contributed by atoms with Crippen molar-refractivity contribution in [3.8, 4) is 0 Å². The Morgan fingerprint density at radius 1 is 1.26 bits per heavy atom. The van der Waals surface area contributed by atoms with Crippen molar-refractivity contribution in [2.45, 2.75) is 38.1 Å². The molecule has 3 N–H and O–H groups in total. The Bertz CT molecular complexity index is 715. The molecule has 23 heavy (non-hydrogen) atoms. The lowest BCUT2D eigenvalue weighted by Crippen LogP contribution is -2.07. The van der Waals surface area contributed by atoms with E-state index in [2.05, 4.69) is 10.2 Å². The number of halogens is 1. The fourth-order valence-electron chi connectivity index (χ4n) is 2.60. The number of aromatic nitrogens is 1. The van der Waals surface area contributed by atoms with Crippen LogP contribution in [0.3, 0.4) is 0 Å². The van der Waals surface area contributed by atoms with Gasteiger partial charge in [0.15, 0.2) is 0 Å². The number of hydrogen-bond donors (Lipinski definition) is 2. The molecule has 1 aliphatic rings. The molecule has 1 aromatic carbocycles. The first kappa shape index (κ1) is 16.8. The van der Waals surface area contributed by atoms with Crippen molar-refractivity contribution in [3.63, 3.8) is 0 Å². The van der Waals surface area contributed by atoms with Crippen molar-refractivity contribution >= 4 is 22.6 Å². The standard InChI is InChI=1S/C10H7FN2O2.C6H11NO/c11-6-1-5-4-13-9(12)3-7(5)8(2-6)10(14)15;8-7-6-4-2-1-3-5-6/h1-4H,(H2,12,13)(H,14,15);6H,1-5H2. The number of aromatic carboxylic acids is 1. The van der Waals surface area contributed by atoms with E-state index >= 15 is 0 Å². The van der Waals surface area contributed by atoms with E-state index in [1.54, 1.807) is 0 Å². The Morgan fingerprint density at radius 2 is 1.96 bits per heavy atom. The number of carbonyl (C=O) groups is 1. The predicted molar refractivity (Wildman–Crippen MR) is 85.7 cm³/mol. The third-order valence-corrected chi connectivity index (χ3v) is 3.78. The third-order valence-electron chi connectivity index (χ3n) is 3.78. The van der Waals surface area contributed by atoms with Crippen molar-refractivity contribution in [2.75, 3.05) is 5.73 Å². The molecule has 0 atom stereocenters. The highest BCUT2D eigenvalue weighted by atomic mass is 19.1. The molecular formula is C16H18FN3O3.